The Hall–Kier alpha value is -1.47. The van der Waals surface area contributed by atoms with Gasteiger partial charge in [-0.2, -0.15) is 11.3 Å². The molecule has 2 N–H and O–H groups in total. The van der Waals surface area contributed by atoms with Crippen molar-refractivity contribution in [3.05, 3.63) is 62.7 Å². The Balaban J connectivity index is 1.77. The van der Waals surface area contributed by atoms with Gasteiger partial charge in [0.15, 0.2) is 0 Å². The van der Waals surface area contributed by atoms with Gasteiger partial charge in [-0.15, -0.1) is 0 Å². The lowest BCUT2D eigenvalue weighted by Gasteiger charge is -2.24. The van der Waals surface area contributed by atoms with Crippen LogP contribution in [0.2, 0.25) is 0 Å². The van der Waals surface area contributed by atoms with Crippen LogP contribution in [0.25, 0.3) is 6.08 Å². The number of benzene rings is 1. The van der Waals surface area contributed by atoms with Crippen LogP contribution >= 0.6 is 11.3 Å². The summed E-state index contributed by atoms with van der Waals surface area (Å²) >= 11 is 1.47. The molecule has 0 amide bonds. The second kappa shape index (κ2) is 6.20. The predicted octanol–water partition coefficient (Wildman–Crippen LogP) is 2.86. The van der Waals surface area contributed by atoms with E-state index in [1.54, 1.807) is 19.1 Å². The zero-order chi connectivity index (χ0) is 16.5. The third-order valence-electron chi connectivity index (χ3n) is 4.11. The molecule has 6 heteroatoms. The van der Waals surface area contributed by atoms with Gasteiger partial charge < -0.3 is 5.11 Å². The van der Waals surface area contributed by atoms with Crippen LogP contribution in [0.4, 0.5) is 0 Å². The van der Waals surface area contributed by atoms with Crippen molar-refractivity contribution in [3.63, 3.8) is 0 Å². The van der Waals surface area contributed by atoms with Gasteiger partial charge in [0.1, 0.15) is 5.60 Å². The van der Waals surface area contributed by atoms with Gasteiger partial charge in [-0.25, -0.2) is 13.1 Å². The Morgan fingerprint density at radius 1 is 1.26 bits per heavy atom. The Bertz CT molecular complexity index is 821. The molecule has 0 bridgehead atoms. The summed E-state index contributed by atoms with van der Waals surface area (Å²) in [5, 5.41) is 14.1. The molecule has 0 saturated heterocycles. The van der Waals surface area contributed by atoms with Gasteiger partial charge >= 0.3 is 0 Å². The first-order valence-electron chi connectivity index (χ1n) is 7.42. The van der Waals surface area contributed by atoms with E-state index in [4.69, 9.17) is 0 Å². The quantitative estimate of drug-likeness (QED) is 0.872. The van der Waals surface area contributed by atoms with Crippen molar-refractivity contribution < 1.29 is 13.5 Å². The average molecular weight is 349 g/mol. The molecule has 23 heavy (non-hydrogen) atoms. The summed E-state index contributed by atoms with van der Waals surface area (Å²) in [6.07, 6.45) is 2.91. The summed E-state index contributed by atoms with van der Waals surface area (Å²) in [6.45, 7) is 1.56. The molecule has 1 aromatic carbocycles. The Labute approximate surface area is 140 Å². The van der Waals surface area contributed by atoms with E-state index in [1.807, 2.05) is 35.0 Å². The van der Waals surface area contributed by atoms with Crippen LogP contribution < -0.4 is 4.72 Å². The number of hydrogen-bond donors (Lipinski definition) is 2. The van der Waals surface area contributed by atoms with E-state index in [1.165, 1.54) is 11.3 Å². The first-order valence-corrected chi connectivity index (χ1v) is 9.84. The molecule has 1 aliphatic carbocycles. The van der Waals surface area contributed by atoms with E-state index in [2.05, 4.69) is 4.72 Å². The third kappa shape index (κ3) is 3.55. The lowest BCUT2D eigenvalue weighted by Crippen LogP contribution is -2.39. The van der Waals surface area contributed by atoms with Gasteiger partial charge in [-0.1, -0.05) is 24.3 Å². The molecular weight excluding hydrogens is 330 g/mol. The summed E-state index contributed by atoms with van der Waals surface area (Å²) in [4.78, 5) is 0.373. The number of aliphatic hydroxyl groups is 1. The summed E-state index contributed by atoms with van der Waals surface area (Å²) in [5.74, 6) is 0. The number of allylic oxidation sites excluding steroid dienone is 1. The molecule has 0 aliphatic heterocycles. The molecule has 0 fully saturated rings. The van der Waals surface area contributed by atoms with E-state index >= 15 is 0 Å². The topological polar surface area (TPSA) is 66.4 Å². The van der Waals surface area contributed by atoms with Crippen LogP contribution in [0.5, 0.6) is 0 Å². The largest absolute Gasteiger partial charge is 0.384 e. The van der Waals surface area contributed by atoms with Crippen LogP contribution in [0.15, 0.2) is 46.0 Å². The molecule has 122 valence electrons. The molecule has 0 spiro atoms. The molecule has 2 aromatic rings. The minimum atomic E-state index is -3.60. The number of rotatable bonds is 5. The standard InChI is InChI=1S/C17H19NO3S2/c1-17(19,15-8-9-22-11-15)12-18-23(20,21)16-7-6-13-4-2-3-5-14(13)10-16/h2-5,8-11,18-19H,6-7,12H2,1H3. The Morgan fingerprint density at radius 2 is 2.04 bits per heavy atom. The van der Waals surface area contributed by atoms with E-state index in [0.29, 0.717) is 23.3 Å². The van der Waals surface area contributed by atoms with Gasteiger partial charge in [0.05, 0.1) is 4.91 Å². The summed E-state index contributed by atoms with van der Waals surface area (Å²) in [5.41, 5.74) is 1.61. The SMILES string of the molecule is CC(O)(CNS(=O)(=O)C1=Cc2ccccc2CC1)c1ccsc1. The van der Waals surface area contributed by atoms with Crippen LogP contribution in [-0.2, 0) is 22.0 Å². The van der Waals surface area contributed by atoms with E-state index in [9.17, 15) is 13.5 Å². The molecule has 1 aromatic heterocycles. The highest BCUT2D eigenvalue weighted by Gasteiger charge is 2.28. The minimum absolute atomic E-state index is 0.0505. The molecular formula is C17H19NO3S2. The number of thiophene rings is 1. The zero-order valence-electron chi connectivity index (χ0n) is 12.8. The second-order valence-electron chi connectivity index (χ2n) is 5.92. The lowest BCUT2D eigenvalue weighted by molar-refractivity contribution is 0.0632. The first-order chi connectivity index (χ1) is 10.9. The maximum atomic E-state index is 12.5. The highest BCUT2D eigenvalue weighted by Crippen LogP contribution is 2.27. The fourth-order valence-electron chi connectivity index (χ4n) is 2.62. The van der Waals surface area contributed by atoms with Crippen LogP contribution in [0.1, 0.15) is 30.0 Å². The highest BCUT2D eigenvalue weighted by molar-refractivity contribution is 7.93. The molecule has 1 aliphatic rings. The predicted molar refractivity (Wildman–Crippen MR) is 93.6 cm³/mol. The van der Waals surface area contributed by atoms with Crippen molar-refractivity contribution in [2.75, 3.05) is 6.54 Å². The lowest BCUT2D eigenvalue weighted by atomic mass is 9.98. The fourth-order valence-corrected chi connectivity index (χ4v) is 4.71. The molecule has 3 rings (SSSR count). The maximum Gasteiger partial charge on any atom is 0.236 e. The Morgan fingerprint density at radius 3 is 2.78 bits per heavy atom. The van der Waals surface area contributed by atoms with Crippen molar-refractivity contribution in [3.8, 4) is 0 Å². The summed E-state index contributed by atoms with van der Waals surface area (Å²) < 4.78 is 27.6. The van der Waals surface area contributed by atoms with Gasteiger partial charge in [-0.3, -0.25) is 0 Å². The molecule has 0 saturated carbocycles. The monoisotopic (exact) mass is 349 g/mol. The van der Waals surface area contributed by atoms with Gasteiger partial charge in [-0.05, 0) is 59.4 Å². The number of aryl methyl sites for hydroxylation is 1. The molecule has 1 atom stereocenters. The van der Waals surface area contributed by atoms with Gasteiger partial charge in [0.25, 0.3) is 0 Å². The summed E-state index contributed by atoms with van der Waals surface area (Å²) in [6, 6.07) is 9.60. The van der Waals surface area contributed by atoms with Gasteiger partial charge in [0.2, 0.25) is 10.0 Å². The average Bonchev–Trinajstić information content (AvgIpc) is 3.08. The second-order valence-corrected chi connectivity index (χ2v) is 8.52. The van der Waals surface area contributed by atoms with Crippen molar-refractivity contribution in [2.45, 2.75) is 25.4 Å². The maximum absolute atomic E-state index is 12.5. The van der Waals surface area contributed by atoms with E-state index in [-0.39, 0.29) is 6.54 Å². The molecule has 1 heterocycles. The molecule has 1 unspecified atom stereocenters. The van der Waals surface area contributed by atoms with Crippen molar-refractivity contribution in [1.82, 2.24) is 4.72 Å². The summed E-state index contributed by atoms with van der Waals surface area (Å²) in [7, 11) is -3.60. The third-order valence-corrected chi connectivity index (χ3v) is 6.33. The molecule has 4 nitrogen and oxygen atoms in total. The zero-order valence-corrected chi connectivity index (χ0v) is 14.5. The van der Waals surface area contributed by atoms with Crippen LogP contribution in [-0.4, -0.2) is 20.1 Å². The minimum Gasteiger partial charge on any atom is -0.384 e. The van der Waals surface area contributed by atoms with Crippen molar-refractivity contribution >= 4 is 27.4 Å². The van der Waals surface area contributed by atoms with Crippen molar-refractivity contribution in [2.24, 2.45) is 0 Å². The highest BCUT2D eigenvalue weighted by atomic mass is 32.2. The normalized spacial score (nSPS) is 17.2. The smallest absolute Gasteiger partial charge is 0.236 e. The molecule has 0 radical (unpaired) electrons. The van der Waals surface area contributed by atoms with E-state index < -0.39 is 15.6 Å². The first kappa shape index (κ1) is 16.4. The number of hydrogen-bond acceptors (Lipinski definition) is 4. The van der Waals surface area contributed by atoms with Crippen molar-refractivity contribution in [1.29, 1.82) is 0 Å². The van der Waals surface area contributed by atoms with Crippen LogP contribution in [0.3, 0.4) is 0 Å². The fraction of sp³-hybridized carbons (Fsp3) is 0.294. The van der Waals surface area contributed by atoms with E-state index in [0.717, 1.165) is 11.1 Å². The number of nitrogens with one attached hydrogen (secondary N) is 1. The Kier molecular flexibility index (Phi) is 4.42. The van der Waals surface area contributed by atoms with Crippen LogP contribution in [0, 0.1) is 0 Å². The number of fused-ring (bicyclic) bond motifs is 1. The van der Waals surface area contributed by atoms with Gasteiger partial charge in [0, 0.05) is 6.54 Å². The number of sulfonamides is 1.